The summed E-state index contributed by atoms with van der Waals surface area (Å²) < 4.78 is 15.6. The minimum absolute atomic E-state index is 0.145. The van der Waals surface area contributed by atoms with Crippen molar-refractivity contribution in [3.8, 4) is 5.75 Å². The minimum Gasteiger partial charge on any atom is -0.482 e. The van der Waals surface area contributed by atoms with Crippen LogP contribution in [-0.2, 0) is 23.9 Å². The molecule has 2 rings (SSSR count). The zero-order chi connectivity index (χ0) is 19.5. The van der Waals surface area contributed by atoms with Crippen molar-refractivity contribution < 1.29 is 33.7 Å². The highest BCUT2D eigenvalue weighted by Gasteiger charge is 2.58. The Morgan fingerprint density at radius 2 is 1.92 bits per heavy atom. The summed E-state index contributed by atoms with van der Waals surface area (Å²) in [4.78, 5) is 37.1. The molecule has 0 radical (unpaired) electrons. The Kier molecular flexibility index (Phi) is 5.41. The third-order valence-corrected chi connectivity index (χ3v) is 3.59. The maximum absolute atomic E-state index is 12.7. The molecule has 1 saturated heterocycles. The summed E-state index contributed by atoms with van der Waals surface area (Å²) in [6, 6.07) is 6.26. The van der Waals surface area contributed by atoms with Gasteiger partial charge in [-0.25, -0.2) is 14.4 Å². The predicted molar refractivity (Wildman–Crippen MR) is 90.6 cm³/mol. The lowest BCUT2D eigenvalue weighted by atomic mass is 10.1. The number of likely N-dealkylation sites (N-methyl/N-ethyl adjacent to an activating group) is 1. The summed E-state index contributed by atoms with van der Waals surface area (Å²) in [7, 11) is 1.47. The molecule has 1 aromatic carbocycles. The second kappa shape index (κ2) is 7.20. The zero-order valence-corrected chi connectivity index (χ0v) is 15.1. The number of cyclic esters (lactones) is 1. The van der Waals surface area contributed by atoms with Gasteiger partial charge in [0.1, 0.15) is 11.4 Å². The summed E-state index contributed by atoms with van der Waals surface area (Å²) >= 11 is 0. The van der Waals surface area contributed by atoms with Crippen LogP contribution in [0.4, 0.5) is 5.69 Å². The lowest BCUT2D eigenvalue weighted by Crippen LogP contribution is -2.65. The quantitative estimate of drug-likeness (QED) is 0.555. The minimum atomic E-state index is -1.81. The molecule has 0 bridgehead atoms. The molecule has 0 saturated carbocycles. The SMILES string of the molecule is CNC1(C(=O)OC(C)(C)C)C(=O)OCN1c1ccc(OCC(=O)O)cc1. The number of carboxylic acids is 1. The average Bonchev–Trinajstić information content (AvgIpc) is 2.89. The number of carbonyl (C=O) groups excluding carboxylic acids is 2. The Balaban J connectivity index is 2.30. The van der Waals surface area contributed by atoms with Gasteiger partial charge < -0.3 is 24.2 Å². The topological polar surface area (TPSA) is 114 Å². The molecular formula is C17H22N2O7. The van der Waals surface area contributed by atoms with Crippen LogP contribution in [0.5, 0.6) is 5.75 Å². The summed E-state index contributed by atoms with van der Waals surface area (Å²) in [6.45, 7) is 4.49. The molecule has 0 aromatic heterocycles. The fourth-order valence-electron chi connectivity index (χ4n) is 2.45. The summed E-state index contributed by atoms with van der Waals surface area (Å²) in [6.07, 6.45) is 0. The van der Waals surface area contributed by atoms with E-state index in [2.05, 4.69) is 5.32 Å². The highest BCUT2D eigenvalue weighted by Crippen LogP contribution is 2.32. The zero-order valence-electron chi connectivity index (χ0n) is 15.1. The maximum atomic E-state index is 12.7. The molecule has 0 spiro atoms. The first kappa shape index (κ1) is 19.5. The van der Waals surface area contributed by atoms with Crippen LogP contribution in [0.25, 0.3) is 0 Å². The van der Waals surface area contributed by atoms with E-state index in [0.29, 0.717) is 11.4 Å². The normalized spacial score (nSPS) is 19.8. The van der Waals surface area contributed by atoms with Crippen LogP contribution in [-0.4, -0.2) is 54.7 Å². The van der Waals surface area contributed by atoms with Gasteiger partial charge in [-0.3, -0.25) is 5.32 Å². The van der Waals surface area contributed by atoms with Gasteiger partial charge in [-0.15, -0.1) is 0 Å². The van der Waals surface area contributed by atoms with Crippen molar-refractivity contribution in [3.05, 3.63) is 24.3 Å². The second-order valence-electron chi connectivity index (χ2n) is 6.63. The van der Waals surface area contributed by atoms with Crippen molar-refractivity contribution in [2.24, 2.45) is 0 Å². The molecule has 1 aliphatic heterocycles. The van der Waals surface area contributed by atoms with Gasteiger partial charge in [0, 0.05) is 5.69 Å². The average molecular weight is 366 g/mol. The van der Waals surface area contributed by atoms with Gasteiger partial charge in [0.2, 0.25) is 0 Å². The Labute approximate surface area is 150 Å². The molecule has 0 amide bonds. The van der Waals surface area contributed by atoms with Gasteiger partial charge in [0.25, 0.3) is 5.66 Å². The number of hydrogen-bond acceptors (Lipinski definition) is 8. The van der Waals surface area contributed by atoms with Crippen LogP contribution >= 0.6 is 0 Å². The Bertz CT molecular complexity index is 696. The lowest BCUT2D eigenvalue weighted by Gasteiger charge is -2.34. The number of nitrogens with zero attached hydrogens (tertiary/aromatic N) is 1. The molecule has 142 valence electrons. The number of aliphatic carboxylic acids is 1. The number of rotatable bonds is 6. The number of hydrogen-bond donors (Lipinski definition) is 2. The van der Waals surface area contributed by atoms with Crippen molar-refractivity contribution in [1.82, 2.24) is 5.32 Å². The van der Waals surface area contributed by atoms with Gasteiger partial charge in [0.05, 0.1) is 0 Å². The molecule has 0 aliphatic carbocycles. The van der Waals surface area contributed by atoms with E-state index < -0.39 is 35.8 Å². The van der Waals surface area contributed by atoms with Crippen molar-refractivity contribution in [3.63, 3.8) is 0 Å². The van der Waals surface area contributed by atoms with Crippen LogP contribution < -0.4 is 15.0 Å². The van der Waals surface area contributed by atoms with E-state index in [0.717, 1.165) is 0 Å². The Morgan fingerprint density at radius 3 is 2.42 bits per heavy atom. The van der Waals surface area contributed by atoms with Crippen molar-refractivity contribution in [2.45, 2.75) is 32.0 Å². The van der Waals surface area contributed by atoms with Gasteiger partial charge in [-0.2, -0.15) is 0 Å². The predicted octanol–water partition coefficient (Wildman–Crippen LogP) is 0.728. The van der Waals surface area contributed by atoms with Gasteiger partial charge in [-0.1, -0.05) is 0 Å². The standard InChI is InChI=1S/C17H22N2O7/c1-16(2,3)26-15(23)17(18-4)14(22)25-10-19(17)11-5-7-12(8-6-11)24-9-13(20)21/h5-8,18H,9-10H2,1-4H3,(H,20,21). The molecule has 1 fully saturated rings. The van der Waals surface area contributed by atoms with E-state index in [1.54, 1.807) is 32.9 Å². The molecule has 9 heteroatoms. The van der Waals surface area contributed by atoms with E-state index in [9.17, 15) is 14.4 Å². The van der Waals surface area contributed by atoms with Gasteiger partial charge >= 0.3 is 17.9 Å². The monoisotopic (exact) mass is 366 g/mol. The van der Waals surface area contributed by atoms with E-state index in [4.69, 9.17) is 19.3 Å². The highest BCUT2D eigenvalue weighted by atomic mass is 16.6. The van der Waals surface area contributed by atoms with Crippen LogP contribution in [0.1, 0.15) is 20.8 Å². The molecule has 1 unspecified atom stereocenters. The molecule has 1 aliphatic rings. The lowest BCUT2D eigenvalue weighted by molar-refractivity contribution is -0.167. The number of nitrogens with one attached hydrogen (secondary N) is 1. The van der Waals surface area contributed by atoms with Crippen LogP contribution in [0.15, 0.2) is 24.3 Å². The first-order valence-electron chi connectivity index (χ1n) is 7.92. The van der Waals surface area contributed by atoms with Crippen molar-refractivity contribution in [1.29, 1.82) is 0 Å². The van der Waals surface area contributed by atoms with Crippen LogP contribution in [0.2, 0.25) is 0 Å². The summed E-state index contributed by atoms with van der Waals surface area (Å²) in [5.41, 5.74) is -2.10. The third-order valence-electron chi connectivity index (χ3n) is 3.59. The Hall–Kier alpha value is -2.81. The summed E-state index contributed by atoms with van der Waals surface area (Å²) in [5.74, 6) is -2.29. The van der Waals surface area contributed by atoms with Crippen molar-refractivity contribution >= 4 is 23.6 Å². The molecule has 1 aromatic rings. The highest BCUT2D eigenvalue weighted by molar-refractivity contribution is 6.09. The molecular weight excluding hydrogens is 344 g/mol. The number of carbonyl (C=O) groups is 3. The third kappa shape index (κ3) is 3.88. The number of ether oxygens (including phenoxy) is 3. The number of anilines is 1. The molecule has 1 heterocycles. The number of esters is 2. The smallest absolute Gasteiger partial charge is 0.361 e. The second-order valence-corrected chi connectivity index (χ2v) is 6.63. The number of benzene rings is 1. The first-order chi connectivity index (χ1) is 12.1. The van der Waals surface area contributed by atoms with Crippen molar-refractivity contribution in [2.75, 3.05) is 25.3 Å². The molecule has 1 atom stereocenters. The maximum Gasteiger partial charge on any atom is 0.361 e. The van der Waals surface area contributed by atoms with Gasteiger partial charge in [-0.05, 0) is 52.1 Å². The fraction of sp³-hybridized carbons (Fsp3) is 0.471. The van der Waals surface area contributed by atoms with E-state index >= 15 is 0 Å². The van der Waals surface area contributed by atoms with E-state index in [-0.39, 0.29) is 6.73 Å². The van der Waals surface area contributed by atoms with E-state index in [1.165, 1.54) is 24.1 Å². The number of carboxylic acid groups (broad SMARTS) is 1. The molecule has 2 N–H and O–H groups in total. The largest absolute Gasteiger partial charge is 0.482 e. The Morgan fingerprint density at radius 1 is 1.31 bits per heavy atom. The molecule has 26 heavy (non-hydrogen) atoms. The summed E-state index contributed by atoms with van der Waals surface area (Å²) in [5, 5.41) is 11.4. The van der Waals surface area contributed by atoms with Crippen LogP contribution in [0.3, 0.4) is 0 Å². The fourth-order valence-corrected chi connectivity index (χ4v) is 2.45. The van der Waals surface area contributed by atoms with E-state index in [1.807, 2.05) is 0 Å². The molecule has 9 nitrogen and oxygen atoms in total. The first-order valence-corrected chi connectivity index (χ1v) is 7.92. The van der Waals surface area contributed by atoms with Gasteiger partial charge in [0.15, 0.2) is 13.3 Å². The van der Waals surface area contributed by atoms with Crippen LogP contribution in [0, 0.1) is 0 Å².